The highest BCUT2D eigenvalue weighted by atomic mass is 16.5. The zero-order valence-electron chi connectivity index (χ0n) is 11.9. The van der Waals surface area contributed by atoms with Crippen molar-refractivity contribution in [3.8, 4) is 11.8 Å². The average molecular weight is 274 g/mol. The van der Waals surface area contributed by atoms with Crippen molar-refractivity contribution in [2.45, 2.75) is 38.3 Å². The van der Waals surface area contributed by atoms with E-state index in [0.717, 1.165) is 5.92 Å². The van der Waals surface area contributed by atoms with Crippen LogP contribution in [0.3, 0.4) is 0 Å². The molecule has 0 aliphatic heterocycles. The molecule has 2 unspecified atom stereocenters. The first-order valence-corrected chi connectivity index (χ1v) is 7.23. The second kappa shape index (κ2) is 7.28. The number of rotatable bonds is 7. The molecule has 0 heterocycles. The van der Waals surface area contributed by atoms with E-state index in [0.29, 0.717) is 23.9 Å². The van der Waals surface area contributed by atoms with Crippen LogP contribution in [0.1, 0.15) is 31.7 Å². The van der Waals surface area contributed by atoms with Crippen molar-refractivity contribution in [3.63, 3.8) is 0 Å². The van der Waals surface area contributed by atoms with Crippen LogP contribution < -0.4 is 10.1 Å². The summed E-state index contributed by atoms with van der Waals surface area (Å²) in [5, 5.41) is 22.0. The van der Waals surface area contributed by atoms with Gasteiger partial charge in [0, 0.05) is 12.6 Å². The summed E-state index contributed by atoms with van der Waals surface area (Å²) in [6, 6.07) is 9.43. The van der Waals surface area contributed by atoms with Crippen molar-refractivity contribution in [2.24, 2.45) is 5.92 Å². The summed E-state index contributed by atoms with van der Waals surface area (Å²) in [6.45, 7) is 2.99. The Kier molecular flexibility index (Phi) is 5.40. The van der Waals surface area contributed by atoms with Crippen molar-refractivity contribution in [1.29, 1.82) is 5.26 Å². The molecule has 2 N–H and O–H groups in total. The minimum atomic E-state index is -0.520. The Hall–Kier alpha value is -1.57. The standard InChI is InChI=1S/C16H22N2O2/c1-12(14-3-2-4-14)18-10-15(19)11-20-16-7-5-13(9-17)6-8-16/h5-8,12,14-15,18-19H,2-4,10-11H2,1H3. The number of benzene rings is 1. The summed E-state index contributed by atoms with van der Waals surface area (Å²) in [5.41, 5.74) is 0.605. The van der Waals surface area contributed by atoms with Crippen molar-refractivity contribution in [1.82, 2.24) is 5.32 Å². The lowest BCUT2D eigenvalue weighted by Gasteiger charge is -2.32. The van der Waals surface area contributed by atoms with Crippen LogP contribution in [0, 0.1) is 17.2 Å². The van der Waals surface area contributed by atoms with Gasteiger partial charge in [-0.3, -0.25) is 0 Å². The molecule has 108 valence electrons. The van der Waals surface area contributed by atoms with Gasteiger partial charge in [0.2, 0.25) is 0 Å². The van der Waals surface area contributed by atoms with E-state index in [-0.39, 0.29) is 6.61 Å². The molecule has 1 aromatic rings. The summed E-state index contributed by atoms with van der Waals surface area (Å²) in [7, 11) is 0. The molecule has 1 aromatic carbocycles. The van der Waals surface area contributed by atoms with E-state index in [4.69, 9.17) is 10.00 Å². The van der Waals surface area contributed by atoms with Crippen molar-refractivity contribution < 1.29 is 9.84 Å². The number of hydrogen-bond acceptors (Lipinski definition) is 4. The molecule has 0 aromatic heterocycles. The van der Waals surface area contributed by atoms with Gasteiger partial charge in [0.1, 0.15) is 18.5 Å². The molecule has 1 saturated carbocycles. The zero-order chi connectivity index (χ0) is 14.4. The average Bonchev–Trinajstić information content (AvgIpc) is 2.41. The summed E-state index contributed by atoms with van der Waals surface area (Å²) in [5.74, 6) is 1.44. The third-order valence-corrected chi connectivity index (χ3v) is 3.96. The van der Waals surface area contributed by atoms with E-state index in [1.54, 1.807) is 24.3 Å². The van der Waals surface area contributed by atoms with Crippen LogP contribution >= 0.6 is 0 Å². The van der Waals surface area contributed by atoms with Crippen LogP contribution in [0.15, 0.2) is 24.3 Å². The first-order chi connectivity index (χ1) is 9.69. The highest BCUT2D eigenvalue weighted by Crippen LogP contribution is 2.29. The lowest BCUT2D eigenvalue weighted by molar-refractivity contribution is 0.0982. The highest BCUT2D eigenvalue weighted by Gasteiger charge is 2.23. The lowest BCUT2D eigenvalue weighted by atomic mass is 9.80. The second-order valence-corrected chi connectivity index (χ2v) is 5.49. The van der Waals surface area contributed by atoms with Gasteiger partial charge in [-0.05, 0) is 49.9 Å². The normalized spacial score (nSPS) is 17.9. The van der Waals surface area contributed by atoms with E-state index in [2.05, 4.69) is 18.3 Å². The molecule has 1 aliphatic rings. The van der Waals surface area contributed by atoms with E-state index < -0.39 is 6.10 Å². The van der Waals surface area contributed by atoms with Crippen molar-refractivity contribution in [3.05, 3.63) is 29.8 Å². The number of nitrogens with one attached hydrogen (secondary N) is 1. The smallest absolute Gasteiger partial charge is 0.119 e. The molecule has 1 aliphatic carbocycles. The summed E-state index contributed by atoms with van der Waals surface area (Å²) >= 11 is 0. The van der Waals surface area contributed by atoms with Crippen molar-refractivity contribution in [2.75, 3.05) is 13.2 Å². The molecule has 2 rings (SSSR count). The Morgan fingerprint density at radius 1 is 1.40 bits per heavy atom. The third kappa shape index (κ3) is 4.22. The number of aliphatic hydroxyl groups is 1. The Morgan fingerprint density at radius 3 is 2.65 bits per heavy atom. The molecule has 1 fully saturated rings. The number of hydrogen-bond donors (Lipinski definition) is 2. The molecular formula is C16H22N2O2. The molecule has 0 spiro atoms. The van der Waals surface area contributed by atoms with Crippen LogP contribution in [-0.2, 0) is 0 Å². The Morgan fingerprint density at radius 2 is 2.10 bits per heavy atom. The molecule has 0 amide bonds. The first kappa shape index (κ1) is 14.8. The predicted molar refractivity (Wildman–Crippen MR) is 77.5 cm³/mol. The summed E-state index contributed by atoms with van der Waals surface area (Å²) in [4.78, 5) is 0. The molecular weight excluding hydrogens is 252 g/mol. The van der Waals surface area contributed by atoms with Gasteiger partial charge in [0.25, 0.3) is 0 Å². The highest BCUT2D eigenvalue weighted by molar-refractivity contribution is 5.34. The quantitative estimate of drug-likeness (QED) is 0.799. The fourth-order valence-corrected chi connectivity index (χ4v) is 2.31. The van der Waals surface area contributed by atoms with Crippen LogP contribution in [0.5, 0.6) is 5.75 Å². The first-order valence-electron chi connectivity index (χ1n) is 7.23. The molecule has 0 radical (unpaired) electrons. The number of ether oxygens (including phenoxy) is 1. The third-order valence-electron chi connectivity index (χ3n) is 3.96. The molecule has 4 nitrogen and oxygen atoms in total. The number of aliphatic hydroxyl groups excluding tert-OH is 1. The second-order valence-electron chi connectivity index (χ2n) is 5.49. The largest absolute Gasteiger partial charge is 0.491 e. The maximum absolute atomic E-state index is 9.89. The van der Waals surface area contributed by atoms with Gasteiger partial charge < -0.3 is 15.2 Å². The van der Waals surface area contributed by atoms with E-state index in [1.165, 1.54) is 19.3 Å². The van der Waals surface area contributed by atoms with Gasteiger partial charge in [-0.15, -0.1) is 0 Å². The summed E-state index contributed by atoms with van der Waals surface area (Å²) in [6.07, 6.45) is 3.41. The zero-order valence-corrected chi connectivity index (χ0v) is 11.9. The van der Waals surface area contributed by atoms with Gasteiger partial charge >= 0.3 is 0 Å². The fourth-order valence-electron chi connectivity index (χ4n) is 2.31. The number of nitriles is 1. The SMILES string of the molecule is CC(NCC(O)COc1ccc(C#N)cc1)C1CCC1. The Bertz CT molecular complexity index is 449. The summed E-state index contributed by atoms with van der Waals surface area (Å²) < 4.78 is 5.50. The van der Waals surface area contributed by atoms with E-state index in [1.807, 2.05) is 0 Å². The maximum atomic E-state index is 9.89. The monoisotopic (exact) mass is 274 g/mol. The van der Waals surface area contributed by atoms with E-state index >= 15 is 0 Å². The molecule has 20 heavy (non-hydrogen) atoms. The van der Waals surface area contributed by atoms with E-state index in [9.17, 15) is 5.11 Å². The van der Waals surface area contributed by atoms with Gasteiger partial charge in [-0.2, -0.15) is 5.26 Å². The molecule has 2 atom stereocenters. The lowest BCUT2D eigenvalue weighted by Crippen LogP contribution is -2.42. The van der Waals surface area contributed by atoms with Crippen LogP contribution in [0.4, 0.5) is 0 Å². The predicted octanol–water partition coefficient (Wildman–Crippen LogP) is 2.08. The minimum absolute atomic E-state index is 0.260. The maximum Gasteiger partial charge on any atom is 0.119 e. The van der Waals surface area contributed by atoms with Gasteiger partial charge in [0.05, 0.1) is 11.6 Å². The molecule has 0 saturated heterocycles. The van der Waals surface area contributed by atoms with Gasteiger partial charge in [-0.1, -0.05) is 6.42 Å². The minimum Gasteiger partial charge on any atom is -0.491 e. The Labute approximate surface area is 120 Å². The van der Waals surface area contributed by atoms with Crippen molar-refractivity contribution >= 4 is 0 Å². The van der Waals surface area contributed by atoms with Crippen LogP contribution in [0.2, 0.25) is 0 Å². The van der Waals surface area contributed by atoms with Gasteiger partial charge in [0.15, 0.2) is 0 Å². The topological polar surface area (TPSA) is 65.3 Å². The molecule has 4 heteroatoms. The molecule has 0 bridgehead atoms. The van der Waals surface area contributed by atoms with Crippen LogP contribution in [0.25, 0.3) is 0 Å². The van der Waals surface area contributed by atoms with Gasteiger partial charge in [-0.25, -0.2) is 0 Å². The van der Waals surface area contributed by atoms with Crippen LogP contribution in [-0.4, -0.2) is 30.4 Å². The number of nitrogens with zero attached hydrogens (tertiary/aromatic N) is 1. The fraction of sp³-hybridized carbons (Fsp3) is 0.562. The Balaban J connectivity index is 1.66.